The molecule has 0 bridgehead atoms. The third kappa shape index (κ3) is 1.94. The van der Waals surface area contributed by atoms with Gasteiger partial charge in [0.15, 0.2) is 0 Å². The maximum absolute atomic E-state index is 13.1. The number of carbonyl (C=O) groups is 1. The molecule has 0 atom stereocenters. The third-order valence-corrected chi connectivity index (χ3v) is 2.66. The van der Waals surface area contributed by atoms with E-state index in [0.29, 0.717) is 11.4 Å². The number of hydrogen-bond donors (Lipinski definition) is 0. The van der Waals surface area contributed by atoms with E-state index in [-0.39, 0.29) is 11.3 Å². The quantitative estimate of drug-likeness (QED) is 0.770. The topological polar surface area (TPSA) is 39.2 Å². The lowest BCUT2D eigenvalue weighted by Gasteiger charge is -2.05. The number of benzene rings is 1. The molecule has 0 aliphatic carbocycles. The van der Waals surface area contributed by atoms with Crippen LogP contribution in [0.2, 0.25) is 0 Å². The first-order chi connectivity index (χ1) is 7.72. The molecule has 0 N–H and O–H groups in total. The molecule has 2 rings (SSSR count). The van der Waals surface area contributed by atoms with Gasteiger partial charge in [-0.05, 0) is 18.2 Å². The van der Waals surface area contributed by atoms with Crippen LogP contribution in [0.15, 0.2) is 29.1 Å². The molecule has 0 saturated heterocycles. The Hall–Kier alpha value is -1.75. The fourth-order valence-corrected chi connectivity index (χ4v) is 1.85. The van der Waals surface area contributed by atoms with Crippen LogP contribution < -0.4 is 4.74 Å². The molecule has 1 heterocycles. The van der Waals surface area contributed by atoms with Crippen molar-refractivity contribution in [3.05, 3.63) is 46.2 Å². The zero-order chi connectivity index (χ0) is 11.5. The summed E-state index contributed by atoms with van der Waals surface area (Å²) in [5, 5.41) is 1.62. The van der Waals surface area contributed by atoms with Gasteiger partial charge in [0.25, 0.3) is 0 Å². The van der Waals surface area contributed by atoms with Crippen molar-refractivity contribution in [3.63, 3.8) is 0 Å². The highest BCUT2D eigenvalue weighted by molar-refractivity contribution is 7.07. The molecule has 0 unspecified atom stereocenters. The van der Waals surface area contributed by atoms with Crippen LogP contribution in [-0.4, -0.2) is 17.9 Å². The number of rotatable bonds is 3. The van der Waals surface area contributed by atoms with Crippen molar-refractivity contribution in [1.82, 2.24) is 4.98 Å². The monoisotopic (exact) mass is 237 g/mol. The van der Waals surface area contributed by atoms with Crippen LogP contribution in [0.25, 0.3) is 0 Å². The second kappa shape index (κ2) is 4.40. The molecule has 16 heavy (non-hydrogen) atoms. The molecule has 0 saturated carbocycles. The molecule has 5 heteroatoms. The number of hydrogen-bond acceptors (Lipinski definition) is 4. The van der Waals surface area contributed by atoms with Gasteiger partial charge in [-0.15, -0.1) is 11.3 Å². The number of aromatic nitrogens is 1. The van der Waals surface area contributed by atoms with Gasteiger partial charge >= 0.3 is 0 Å². The van der Waals surface area contributed by atoms with E-state index >= 15 is 0 Å². The lowest BCUT2D eigenvalue weighted by atomic mass is 10.1. The van der Waals surface area contributed by atoms with Crippen molar-refractivity contribution in [2.75, 3.05) is 7.11 Å². The van der Waals surface area contributed by atoms with Crippen molar-refractivity contribution in [3.8, 4) is 5.75 Å². The minimum atomic E-state index is -0.473. The molecule has 82 valence electrons. The predicted molar refractivity (Wildman–Crippen MR) is 58.5 cm³/mol. The van der Waals surface area contributed by atoms with Gasteiger partial charge in [0.2, 0.25) is 5.78 Å². The van der Waals surface area contributed by atoms with E-state index < -0.39 is 5.82 Å². The zero-order valence-corrected chi connectivity index (χ0v) is 9.25. The predicted octanol–water partition coefficient (Wildman–Crippen LogP) is 2.52. The van der Waals surface area contributed by atoms with E-state index in [4.69, 9.17) is 4.74 Å². The van der Waals surface area contributed by atoms with Gasteiger partial charge in [0.1, 0.15) is 17.3 Å². The zero-order valence-electron chi connectivity index (χ0n) is 8.44. The van der Waals surface area contributed by atoms with Gasteiger partial charge in [-0.1, -0.05) is 0 Å². The summed E-state index contributed by atoms with van der Waals surface area (Å²) in [5.41, 5.74) is 2.04. The highest BCUT2D eigenvalue weighted by Crippen LogP contribution is 2.22. The molecule has 0 aliphatic rings. The molecular formula is C11H8FNO2S. The van der Waals surface area contributed by atoms with Gasteiger partial charge in [-0.2, -0.15) is 0 Å². The van der Waals surface area contributed by atoms with E-state index in [1.165, 1.54) is 30.6 Å². The summed E-state index contributed by atoms with van der Waals surface area (Å²) >= 11 is 1.31. The van der Waals surface area contributed by atoms with E-state index in [2.05, 4.69) is 4.98 Å². The Morgan fingerprint density at radius 1 is 1.50 bits per heavy atom. The van der Waals surface area contributed by atoms with Crippen LogP contribution in [0, 0.1) is 5.82 Å². The van der Waals surface area contributed by atoms with Crippen LogP contribution in [0.1, 0.15) is 16.1 Å². The Balaban J connectivity index is 2.47. The van der Waals surface area contributed by atoms with Gasteiger partial charge in [-0.25, -0.2) is 9.37 Å². The maximum Gasteiger partial charge on any atom is 0.216 e. The minimum Gasteiger partial charge on any atom is -0.496 e. The first kappa shape index (κ1) is 10.8. The number of carbonyl (C=O) groups excluding carboxylic acids is 1. The molecule has 0 spiro atoms. The van der Waals surface area contributed by atoms with Crippen molar-refractivity contribution in [2.45, 2.75) is 0 Å². The van der Waals surface area contributed by atoms with E-state index in [0.717, 1.165) is 6.07 Å². The lowest BCUT2D eigenvalue weighted by molar-refractivity contribution is 0.103. The fourth-order valence-electron chi connectivity index (χ4n) is 1.32. The SMILES string of the molecule is COc1ccc(F)cc1C(=O)c1cscn1. The van der Waals surface area contributed by atoms with Gasteiger partial charge in [0, 0.05) is 5.38 Å². The first-order valence-corrected chi connectivity index (χ1v) is 5.43. The van der Waals surface area contributed by atoms with Crippen molar-refractivity contribution in [1.29, 1.82) is 0 Å². The number of ketones is 1. The molecule has 2 aromatic rings. The maximum atomic E-state index is 13.1. The van der Waals surface area contributed by atoms with Crippen LogP contribution in [0.5, 0.6) is 5.75 Å². The highest BCUT2D eigenvalue weighted by atomic mass is 32.1. The van der Waals surface area contributed by atoms with Crippen molar-refractivity contribution < 1.29 is 13.9 Å². The first-order valence-electron chi connectivity index (χ1n) is 4.49. The Labute approximate surface area is 95.5 Å². The van der Waals surface area contributed by atoms with Crippen LogP contribution in [0.4, 0.5) is 4.39 Å². The second-order valence-electron chi connectivity index (χ2n) is 3.05. The smallest absolute Gasteiger partial charge is 0.216 e. The van der Waals surface area contributed by atoms with Crippen LogP contribution in [0.3, 0.4) is 0 Å². The van der Waals surface area contributed by atoms with Gasteiger partial charge < -0.3 is 4.74 Å². The molecule has 0 amide bonds. The molecule has 1 aromatic heterocycles. The molecule has 3 nitrogen and oxygen atoms in total. The number of halogens is 1. The number of thiazole rings is 1. The Morgan fingerprint density at radius 2 is 2.31 bits per heavy atom. The summed E-state index contributed by atoms with van der Waals surface area (Å²) in [6.45, 7) is 0. The molecular weight excluding hydrogens is 229 g/mol. The third-order valence-electron chi connectivity index (χ3n) is 2.07. The van der Waals surface area contributed by atoms with Gasteiger partial charge in [0.05, 0.1) is 18.2 Å². The molecule has 1 aromatic carbocycles. The largest absolute Gasteiger partial charge is 0.496 e. The summed E-state index contributed by atoms with van der Waals surface area (Å²) in [7, 11) is 1.44. The summed E-state index contributed by atoms with van der Waals surface area (Å²) in [6, 6.07) is 3.83. The average molecular weight is 237 g/mol. The van der Waals surface area contributed by atoms with Crippen LogP contribution in [-0.2, 0) is 0 Å². The van der Waals surface area contributed by atoms with Crippen molar-refractivity contribution >= 4 is 17.1 Å². The van der Waals surface area contributed by atoms with Crippen molar-refractivity contribution in [2.24, 2.45) is 0 Å². The number of methoxy groups -OCH3 is 1. The molecule has 0 fully saturated rings. The van der Waals surface area contributed by atoms with Crippen LogP contribution >= 0.6 is 11.3 Å². The van der Waals surface area contributed by atoms with E-state index in [1.807, 2.05) is 0 Å². The lowest BCUT2D eigenvalue weighted by Crippen LogP contribution is -2.04. The molecule has 0 aliphatic heterocycles. The fraction of sp³-hybridized carbons (Fsp3) is 0.0909. The van der Waals surface area contributed by atoms with E-state index in [9.17, 15) is 9.18 Å². The molecule has 0 radical (unpaired) electrons. The summed E-state index contributed by atoms with van der Waals surface area (Å²) in [6.07, 6.45) is 0. The number of nitrogens with zero attached hydrogens (tertiary/aromatic N) is 1. The average Bonchev–Trinajstić information content (AvgIpc) is 2.81. The minimum absolute atomic E-state index is 0.188. The highest BCUT2D eigenvalue weighted by Gasteiger charge is 2.16. The number of ether oxygens (including phenoxy) is 1. The standard InChI is InChI=1S/C11H8FNO2S/c1-15-10-3-2-7(12)4-8(10)11(14)9-5-16-6-13-9/h2-6H,1H3. The summed E-state index contributed by atoms with van der Waals surface area (Å²) in [5.74, 6) is -0.462. The van der Waals surface area contributed by atoms with E-state index in [1.54, 1.807) is 10.9 Å². The normalized spacial score (nSPS) is 10.1. The summed E-state index contributed by atoms with van der Waals surface area (Å²) < 4.78 is 18.1. The summed E-state index contributed by atoms with van der Waals surface area (Å²) in [4.78, 5) is 15.8. The second-order valence-corrected chi connectivity index (χ2v) is 3.77. The Morgan fingerprint density at radius 3 is 2.94 bits per heavy atom. The van der Waals surface area contributed by atoms with Gasteiger partial charge in [-0.3, -0.25) is 4.79 Å². The Bertz CT molecular complexity index is 511. The Kier molecular flexibility index (Phi) is 2.96.